The van der Waals surface area contributed by atoms with Crippen LogP contribution >= 0.6 is 0 Å². The highest BCUT2D eigenvalue weighted by molar-refractivity contribution is 5.90. The van der Waals surface area contributed by atoms with Crippen LogP contribution in [0.2, 0.25) is 0 Å². The van der Waals surface area contributed by atoms with Gasteiger partial charge in [-0.05, 0) is 43.0 Å². The minimum atomic E-state index is -0.226. The highest BCUT2D eigenvalue weighted by Gasteiger charge is 2.22. The van der Waals surface area contributed by atoms with E-state index in [9.17, 15) is 4.79 Å². The smallest absolute Gasteiger partial charge is 0.319 e. The number of anilines is 2. The van der Waals surface area contributed by atoms with Crippen molar-refractivity contribution in [1.29, 1.82) is 5.26 Å². The number of hydrogen-bond acceptors (Lipinski definition) is 5. The van der Waals surface area contributed by atoms with Crippen molar-refractivity contribution in [2.75, 3.05) is 23.3 Å². The SMILES string of the molecule is CCc1cc(C#N)ccc1NC(=O)N[C@H]1CCCN(c2cnccn2)C1. The quantitative estimate of drug-likeness (QED) is 0.884. The number of carbonyl (C=O) groups excluding carboxylic acids is 1. The number of benzene rings is 1. The Bertz CT molecular complexity index is 801. The molecule has 7 heteroatoms. The number of carbonyl (C=O) groups is 1. The van der Waals surface area contributed by atoms with Crippen LogP contribution in [0.25, 0.3) is 0 Å². The monoisotopic (exact) mass is 350 g/mol. The summed E-state index contributed by atoms with van der Waals surface area (Å²) in [5, 5.41) is 15.0. The molecule has 2 heterocycles. The highest BCUT2D eigenvalue weighted by atomic mass is 16.2. The first kappa shape index (κ1) is 17.7. The number of aromatic nitrogens is 2. The van der Waals surface area contributed by atoms with Crippen molar-refractivity contribution in [2.24, 2.45) is 0 Å². The van der Waals surface area contributed by atoms with Crippen molar-refractivity contribution in [3.63, 3.8) is 0 Å². The van der Waals surface area contributed by atoms with Gasteiger partial charge in [0.05, 0.1) is 17.8 Å². The van der Waals surface area contributed by atoms with Crippen LogP contribution in [0.1, 0.15) is 30.9 Å². The van der Waals surface area contributed by atoms with Gasteiger partial charge in [-0.25, -0.2) is 9.78 Å². The average Bonchev–Trinajstić information content (AvgIpc) is 2.69. The van der Waals surface area contributed by atoms with Gasteiger partial charge < -0.3 is 15.5 Å². The summed E-state index contributed by atoms with van der Waals surface area (Å²) in [5.74, 6) is 0.833. The Morgan fingerprint density at radius 2 is 2.31 bits per heavy atom. The van der Waals surface area contributed by atoms with Gasteiger partial charge in [-0.3, -0.25) is 4.98 Å². The molecule has 1 aliphatic heterocycles. The van der Waals surface area contributed by atoms with E-state index in [0.29, 0.717) is 12.1 Å². The molecule has 0 unspecified atom stereocenters. The number of hydrogen-bond donors (Lipinski definition) is 2. The Labute approximate surface area is 153 Å². The van der Waals surface area contributed by atoms with Crippen LogP contribution in [0.15, 0.2) is 36.8 Å². The Hall–Kier alpha value is -3.14. The molecule has 0 aliphatic carbocycles. The summed E-state index contributed by atoms with van der Waals surface area (Å²) >= 11 is 0. The Morgan fingerprint density at radius 1 is 1.42 bits per heavy atom. The standard InChI is InChI=1S/C19H22N6O/c1-2-15-10-14(11-20)5-6-17(15)24-19(26)23-16-4-3-9-25(13-16)18-12-21-7-8-22-18/h5-8,10,12,16H,2-4,9,13H2,1H3,(H2,23,24,26)/t16-/m0/s1. The van der Waals surface area contributed by atoms with Gasteiger partial charge in [0.2, 0.25) is 0 Å². The topological polar surface area (TPSA) is 93.9 Å². The molecule has 2 amide bonds. The minimum absolute atomic E-state index is 0.0502. The van der Waals surface area contributed by atoms with Crippen LogP contribution in [0.3, 0.4) is 0 Å². The second kappa shape index (κ2) is 8.30. The molecule has 3 rings (SSSR count). The summed E-state index contributed by atoms with van der Waals surface area (Å²) in [6.45, 7) is 3.62. The number of aryl methyl sites for hydroxylation is 1. The first-order valence-electron chi connectivity index (χ1n) is 8.81. The van der Waals surface area contributed by atoms with Gasteiger partial charge in [-0.15, -0.1) is 0 Å². The molecule has 1 aromatic carbocycles. The maximum absolute atomic E-state index is 12.4. The van der Waals surface area contributed by atoms with Gasteiger partial charge in [0.1, 0.15) is 5.82 Å². The van der Waals surface area contributed by atoms with Crippen molar-refractivity contribution in [2.45, 2.75) is 32.2 Å². The van der Waals surface area contributed by atoms with E-state index in [2.05, 4.69) is 31.6 Å². The van der Waals surface area contributed by atoms with Gasteiger partial charge in [0, 0.05) is 37.2 Å². The Morgan fingerprint density at radius 3 is 3.04 bits per heavy atom. The van der Waals surface area contributed by atoms with Crippen LogP contribution in [-0.2, 0) is 6.42 Å². The summed E-state index contributed by atoms with van der Waals surface area (Å²) in [6.07, 6.45) is 7.73. The lowest BCUT2D eigenvalue weighted by Crippen LogP contribution is -2.49. The summed E-state index contributed by atoms with van der Waals surface area (Å²) in [4.78, 5) is 23.0. The molecule has 1 atom stereocenters. The molecule has 2 aromatic rings. The maximum Gasteiger partial charge on any atom is 0.319 e. The Kier molecular flexibility index (Phi) is 5.64. The largest absolute Gasteiger partial charge is 0.353 e. The predicted molar refractivity (Wildman–Crippen MR) is 100.0 cm³/mol. The molecule has 0 radical (unpaired) electrons. The van der Waals surface area contributed by atoms with Gasteiger partial charge in [-0.1, -0.05) is 6.92 Å². The molecule has 1 saturated heterocycles. The number of rotatable bonds is 4. The van der Waals surface area contributed by atoms with Crippen molar-refractivity contribution in [1.82, 2.24) is 15.3 Å². The van der Waals surface area contributed by atoms with Gasteiger partial charge >= 0.3 is 6.03 Å². The summed E-state index contributed by atoms with van der Waals surface area (Å²) in [7, 11) is 0. The van der Waals surface area contributed by atoms with Gasteiger partial charge in [-0.2, -0.15) is 5.26 Å². The van der Waals surface area contributed by atoms with Crippen LogP contribution in [-0.4, -0.2) is 35.1 Å². The first-order chi connectivity index (χ1) is 12.7. The molecule has 0 saturated carbocycles. The lowest BCUT2D eigenvalue weighted by atomic mass is 10.1. The van der Waals surface area contributed by atoms with E-state index >= 15 is 0 Å². The molecule has 1 fully saturated rings. The van der Waals surface area contributed by atoms with Crippen LogP contribution < -0.4 is 15.5 Å². The number of urea groups is 1. The fourth-order valence-corrected chi connectivity index (χ4v) is 3.18. The Balaban J connectivity index is 1.60. The molecule has 1 aromatic heterocycles. The third-order valence-corrected chi connectivity index (χ3v) is 4.49. The van der Waals surface area contributed by atoms with E-state index in [4.69, 9.17) is 5.26 Å². The normalized spacial score (nSPS) is 16.6. The van der Waals surface area contributed by atoms with E-state index in [1.165, 1.54) is 0 Å². The second-order valence-electron chi connectivity index (χ2n) is 6.28. The molecule has 0 spiro atoms. The highest BCUT2D eigenvalue weighted by Crippen LogP contribution is 2.19. The van der Waals surface area contributed by atoms with Crippen molar-refractivity contribution in [3.8, 4) is 6.07 Å². The van der Waals surface area contributed by atoms with Crippen LogP contribution in [0.4, 0.5) is 16.3 Å². The molecule has 2 N–H and O–H groups in total. The van der Waals surface area contributed by atoms with E-state index in [1.54, 1.807) is 30.7 Å². The van der Waals surface area contributed by atoms with E-state index in [-0.39, 0.29) is 12.1 Å². The fourth-order valence-electron chi connectivity index (χ4n) is 3.18. The summed E-state index contributed by atoms with van der Waals surface area (Å²) < 4.78 is 0. The molecule has 26 heavy (non-hydrogen) atoms. The molecular weight excluding hydrogens is 328 g/mol. The molecule has 7 nitrogen and oxygen atoms in total. The fraction of sp³-hybridized carbons (Fsp3) is 0.368. The summed E-state index contributed by atoms with van der Waals surface area (Å²) in [6, 6.07) is 7.25. The zero-order chi connectivity index (χ0) is 18.4. The average molecular weight is 350 g/mol. The third-order valence-electron chi connectivity index (χ3n) is 4.49. The van der Waals surface area contributed by atoms with Crippen LogP contribution in [0, 0.1) is 11.3 Å². The first-order valence-corrected chi connectivity index (χ1v) is 8.81. The number of amides is 2. The summed E-state index contributed by atoms with van der Waals surface area (Å²) in [5.41, 5.74) is 2.29. The molecule has 1 aliphatic rings. The second-order valence-corrected chi connectivity index (χ2v) is 6.28. The molecular formula is C19H22N6O. The van der Waals surface area contributed by atoms with E-state index in [0.717, 1.165) is 42.9 Å². The van der Waals surface area contributed by atoms with Gasteiger partial charge in [0.25, 0.3) is 0 Å². The van der Waals surface area contributed by atoms with E-state index < -0.39 is 0 Å². The lowest BCUT2D eigenvalue weighted by molar-refractivity contribution is 0.246. The predicted octanol–water partition coefficient (Wildman–Crippen LogP) is 2.70. The number of piperidine rings is 1. The molecule has 134 valence electrons. The van der Waals surface area contributed by atoms with Gasteiger partial charge in [0.15, 0.2) is 0 Å². The number of nitriles is 1. The van der Waals surface area contributed by atoms with Crippen molar-refractivity contribution in [3.05, 3.63) is 47.9 Å². The molecule has 0 bridgehead atoms. The zero-order valence-electron chi connectivity index (χ0n) is 14.8. The number of nitrogens with one attached hydrogen (secondary N) is 2. The number of nitrogens with zero attached hydrogens (tertiary/aromatic N) is 4. The van der Waals surface area contributed by atoms with Crippen molar-refractivity contribution >= 4 is 17.5 Å². The van der Waals surface area contributed by atoms with Crippen molar-refractivity contribution < 1.29 is 4.79 Å². The zero-order valence-corrected chi connectivity index (χ0v) is 14.8. The lowest BCUT2D eigenvalue weighted by Gasteiger charge is -2.33. The minimum Gasteiger partial charge on any atom is -0.353 e. The van der Waals surface area contributed by atoms with E-state index in [1.807, 2.05) is 13.0 Å². The third kappa shape index (κ3) is 4.28. The maximum atomic E-state index is 12.4. The van der Waals surface area contributed by atoms with Crippen LogP contribution in [0.5, 0.6) is 0 Å².